The Morgan fingerprint density at radius 2 is 2.27 bits per heavy atom. The fourth-order valence-corrected chi connectivity index (χ4v) is 1.81. The number of hydrogen-bond acceptors (Lipinski definition) is 3. The van der Waals surface area contributed by atoms with Crippen LogP contribution in [-0.4, -0.2) is 16.1 Å². The number of nitrogens with two attached hydrogens (primary N) is 1. The van der Waals surface area contributed by atoms with Gasteiger partial charge in [-0.1, -0.05) is 0 Å². The van der Waals surface area contributed by atoms with Gasteiger partial charge in [0.2, 0.25) is 0 Å². The van der Waals surface area contributed by atoms with Crippen molar-refractivity contribution in [3.8, 4) is 0 Å². The Kier molecular flexibility index (Phi) is 3.77. The largest absolute Gasteiger partial charge is 0.481 e. The van der Waals surface area contributed by atoms with Crippen molar-refractivity contribution in [2.45, 2.75) is 12.8 Å². The van der Waals surface area contributed by atoms with Crippen LogP contribution in [0.1, 0.15) is 17.6 Å². The smallest absolute Gasteiger partial charge is 0.307 e. The topological polar surface area (TPSA) is 76.2 Å². The van der Waals surface area contributed by atoms with E-state index in [2.05, 4.69) is 4.98 Å². The molecule has 1 heterocycles. The molecule has 0 fully saturated rings. The maximum atomic E-state index is 12.6. The second kappa shape index (κ2) is 4.69. The van der Waals surface area contributed by atoms with E-state index in [1.807, 2.05) is 0 Å². The molecule has 0 aliphatic carbocycles. The molecule has 0 atom stereocenters. The summed E-state index contributed by atoms with van der Waals surface area (Å²) in [5.41, 5.74) is 5.01. The number of aromatic nitrogens is 1. The fraction of sp³-hybridized carbons (Fsp3) is 0.250. The van der Waals surface area contributed by atoms with Crippen molar-refractivity contribution in [1.82, 2.24) is 4.98 Å². The molecule has 0 bridgehead atoms. The number of halogens is 3. The highest BCUT2D eigenvalue weighted by Crippen LogP contribution is 2.30. The number of alkyl halides is 2. The molecule has 1 rings (SSSR count). The lowest BCUT2D eigenvalue weighted by molar-refractivity contribution is -0.136. The molecule has 0 saturated heterocycles. The molecular formula is C8H7F2IN2O2. The third-order valence-electron chi connectivity index (χ3n) is 1.73. The van der Waals surface area contributed by atoms with E-state index in [0.717, 1.165) is 6.20 Å². The molecule has 7 heteroatoms. The SMILES string of the molecule is Nc1ncc(CC(=O)O)c(C(F)F)c1I. The summed E-state index contributed by atoms with van der Waals surface area (Å²) in [5.74, 6) is -1.20. The van der Waals surface area contributed by atoms with Gasteiger partial charge in [0.25, 0.3) is 6.43 Å². The normalized spacial score (nSPS) is 10.7. The predicted octanol–water partition coefficient (Wildman–Crippen LogP) is 1.83. The summed E-state index contributed by atoms with van der Waals surface area (Å²) in [6.45, 7) is 0. The first-order chi connectivity index (χ1) is 6.93. The van der Waals surface area contributed by atoms with Crippen molar-refractivity contribution in [3.05, 3.63) is 20.9 Å². The number of nitrogens with zero attached hydrogens (tertiary/aromatic N) is 1. The van der Waals surface area contributed by atoms with Gasteiger partial charge in [-0.3, -0.25) is 4.79 Å². The zero-order valence-corrected chi connectivity index (χ0v) is 9.53. The van der Waals surface area contributed by atoms with Crippen LogP contribution in [0, 0.1) is 3.57 Å². The maximum Gasteiger partial charge on any atom is 0.307 e. The van der Waals surface area contributed by atoms with Crippen LogP contribution in [0.25, 0.3) is 0 Å². The number of carboxylic acids is 1. The summed E-state index contributed by atoms with van der Waals surface area (Å²) in [7, 11) is 0. The minimum atomic E-state index is -2.75. The van der Waals surface area contributed by atoms with Gasteiger partial charge in [0, 0.05) is 11.8 Å². The summed E-state index contributed by atoms with van der Waals surface area (Å²) < 4.78 is 25.4. The molecule has 0 aliphatic heterocycles. The standard InChI is InChI=1S/C8H7F2IN2O2/c9-7(10)5-3(1-4(14)15)2-13-8(12)6(5)11/h2,7H,1H2,(H2,12,13)(H,14,15). The van der Waals surface area contributed by atoms with Crippen molar-refractivity contribution in [1.29, 1.82) is 0 Å². The number of hydrogen-bond donors (Lipinski definition) is 2. The van der Waals surface area contributed by atoms with E-state index in [1.165, 1.54) is 0 Å². The number of nitrogen functional groups attached to an aromatic ring is 1. The molecule has 1 aromatic heterocycles. The summed E-state index contributed by atoms with van der Waals surface area (Å²) in [4.78, 5) is 14.1. The third-order valence-corrected chi connectivity index (χ3v) is 2.86. The molecule has 0 aromatic carbocycles. The van der Waals surface area contributed by atoms with Gasteiger partial charge in [-0.2, -0.15) is 0 Å². The van der Waals surface area contributed by atoms with Crippen LogP contribution in [0.3, 0.4) is 0 Å². The number of carbonyl (C=O) groups is 1. The monoisotopic (exact) mass is 328 g/mol. The van der Waals surface area contributed by atoms with Crippen LogP contribution in [0.5, 0.6) is 0 Å². The zero-order valence-electron chi connectivity index (χ0n) is 7.38. The molecule has 0 spiro atoms. The number of carboxylic acid groups (broad SMARTS) is 1. The first kappa shape index (κ1) is 12.1. The van der Waals surface area contributed by atoms with Gasteiger partial charge in [-0.05, 0) is 28.2 Å². The lowest BCUT2D eigenvalue weighted by atomic mass is 10.1. The molecule has 3 N–H and O–H groups in total. The van der Waals surface area contributed by atoms with Crippen LogP contribution < -0.4 is 5.73 Å². The molecule has 0 unspecified atom stereocenters. The van der Waals surface area contributed by atoms with Gasteiger partial charge in [-0.25, -0.2) is 13.8 Å². The Morgan fingerprint density at radius 3 is 2.73 bits per heavy atom. The highest BCUT2D eigenvalue weighted by atomic mass is 127. The van der Waals surface area contributed by atoms with Crippen molar-refractivity contribution in [2.75, 3.05) is 5.73 Å². The molecule has 15 heavy (non-hydrogen) atoms. The van der Waals surface area contributed by atoms with Gasteiger partial charge in [0.15, 0.2) is 0 Å². The fourth-order valence-electron chi connectivity index (χ4n) is 1.09. The van der Waals surface area contributed by atoms with Crippen LogP contribution in [0.4, 0.5) is 14.6 Å². The zero-order chi connectivity index (χ0) is 11.6. The number of anilines is 1. The first-order valence-electron chi connectivity index (χ1n) is 3.86. The second-order valence-corrected chi connectivity index (χ2v) is 3.85. The van der Waals surface area contributed by atoms with E-state index in [9.17, 15) is 13.6 Å². The average molecular weight is 328 g/mol. The summed E-state index contributed by atoms with van der Waals surface area (Å²) in [5, 5.41) is 8.53. The van der Waals surface area contributed by atoms with Gasteiger partial charge in [0.1, 0.15) is 5.82 Å². The van der Waals surface area contributed by atoms with Crippen molar-refractivity contribution in [2.24, 2.45) is 0 Å². The summed E-state index contributed by atoms with van der Waals surface area (Å²) in [6.07, 6.45) is -2.16. The number of aliphatic carboxylic acids is 1. The summed E-state index contributed by atoms with van der Waals surface area (Å²) in [6, 6.07) is 0. The molecule has 82 valence electrons. The predicted molar refractivity (Wildman–Crippen MR) is 57.7 cm³/mol. The minimum Gasteiger partial charge on any atom is -0.481 e. The van der Waals surface area contributed by atoms with E-state index in [0.29, 0.717) is 0 Å². The van der Waals surface area contributed by atoms with Crippen LogP contribution >= 0.6 is 22.6 Å². The van der Waals surface area contributed by atoms with E-state index >= 15 is 0 Å². The van der Waals surface area contributed by atoms with Gasteiger partial charge < -0.3 is 10.8 Å². The van der Waals surface area contributed by atoms with Gasteiger partial charge >= 0.3 is 5.97 Å². The van der Waals surface area contributed by atoms with E-state index in [-0.39, 0.29) is 20.5 Å². The quantitative estimate of drug-likeness (QED) is 0.830. The Labute approximate surface area is 97.6 Å². The molecule has 0 radical (unpaired) electrons. The molecule has 4 nitrogen and oxygen atoms in total. The van der Waals surface area contributed by atoms with Crippen molar-refractivity contribution >= 4 is 34.4 Å². The molecule has 0 saturated carbocycles. The van der Waals surface area contributed by atoms with Crippen LogP contribution in [0.2, 0.25) is 0 Å². The molecule has 0 amide bonds. The van der Waals surface area contributed by atoms with Gasteiger partial charge in [0.05, 0.1) is 9.99 Å². The lowest BCUT2D eigenvalue weighted by Crippen LogP contribution is -2.09. The van der Waals surface area contributed by atoms with E-state index in [1.54, 1.807) is 22.6 Å². The lowest BCUT2D eigenvalue weighted by Gasteiger charge is -2.10. The summed E-state index contributed by atoms with van der Waals surface area (Å²) >= 11 is 1.63. The Morgan fingerprint density at radius 1 is 1.67 bits per heavy atom. The number of rotatable bonds is 3. The first-order valence-corrected chi connectivity index (χ1v) is 4.94. The third kappa shape index (κ3) is 2.74. The van der Waals surface area contributed by atoms with Crippen LogP contribution in [-0.2, 0) is 11.2 Å². The Bertz CT molecular complexity index is 398. The van der Waals surface area contributed by atoms with Crippen LogP contribution in [0.15, 0.2) is 6.20 Å². The molecule has 1 aromatic rings. The van der Waals surface area contributed by atoms with Gasteiger partial charge in [-0.15, -0.1) is 0 Å². The maximum absolute atomic E-state index is 12.6. The second-order valence-electron chi connectivity index (χ2n) is 2.77. The number of pyridine rings is 1. The van der Waals surface area contributed by atoms with E-state index in [4.69, 9.17) is 10.8 Å². The molecular weight excluding hydrogens is 321 g/mol. The van der Waals surface area contributed by atoms with E-state index < -0.39 is 18.8 Å². The minimum absolute atomic E-state index is 0.00361. The Hall–Kier alpha value is -0.990. The average Bonchev–Trinajstić information content (AvgIpc) is 2.10. The highest BCUT2D eigenvalue weighted by Gasteiger charge is 2.20. The van der Waals surface area contributed by atoms with Crippen molar-refractivity contribution in [3.63, 3.8) is 0 Å². The molecule has 0 aliphatic rings. The Balaban J connectivity index is 3.26. The highest BCUT2D eigenvalue weighted by molar-refractivity contribution is 14.1. The van der Waals surface area contributed by atoms with Crippen molar-refractivity contribution < 1.29 is 18.7 Å².